The van der Waals surface area contributed by atoms with Crippen LogP contribution in [0.1, 0.15) is 31.8 Å². The molecule has 1 fully saturated rings. The van der Waals surface area contributed by atoms with Gasteiger partial charge in [0.2, 0.25) is 0 Å². The molecule has 0 radical (unpaired) electrons. The number of nitrogens with zero attached hydrogens (tertiary/aromatic N) is 2. The molecule has 0 aliphatic carbocycles. The molecule has 3 aromatic rings. The largest absolute Gasteiger partial charge is 0.489 e. The molecule has 0 atom stereocenters. The summed E-state index contributed by atoms with van der Waals surface area (Å²) < 4.78 is 5.75. The second-order valence-corrected chi connectivity index (χ2v) is 8.99. The van der Waals surface area contributed by atoms with E-state index < -0.39 is 35.4 Å². The summed E-state index contributed by atoms with van der Waals surface area (Å²) in [6.45, 7) is -0.292. The number of benzene rings is 3. The number of ether oxygens (including phenoxy) is 1. The lowest BCUT2D eigenvalue weighted by molar-refractivity contribution is -0.137. The molecule has 0 unspecified atom stereocenters. The molecule has 3 aromatic carbocycles. The van der Waals surface area contributed by atoms with Crippen molar-refractivity contribution in [2.45, 2.75) is 6.61 Å². The lowest BCUT2D eigenvalue weighted by Gasteiger charge is -2.16. The van der Waals surface area contributed by atoms with Crippen molar-refractivity contribution in [1.29, 1.82) is 0 Å². The number of hydrogen-bond donors (Lipinski definition) is 0. The Labute approximate surface area is 210 Å². The van der Waals surface area contributed by atoms with Crippen molar-refractivity contribution in [2.24, 2.45) is 0 Å². The summed E-state index contributed by atoms with van der Waals surface area (Å²) in [6, 6.07) is 22.8. The molecule has 0 N–H and O–H groups in total. The van der Waals surface area contributed by atoms with Gasteiger partial charge in [-0.3, -0.25) is 28.9 Å². The van der Waals surface area contributed by atoms with Crippen molar-refractivity contribution in [1.82, 2.24) is 9.80 Å². The SMILES string of the molecule is O=C1c2ccccc2C(=O)N1CC(=O)N1C(=O)S/C(=C\c2ccc(OCc3ccccc3)cc2)C1=O. The van der Waals surface area contributed by atoms with Gasteiger partial charge in [0.1, 0.15) is 18.9 Å². The van der Waals surface area contributed by atoms with Gasteiger partial charge in [0.25, 0.3) is 28.9 Å². The molecule has 2 aliphatic heterocycles. The third kappa shape index (κ3) is 4.44. The molecule has 36 heavy (non-hydrogen) atoms. The molecule has 0 aromatic heterocycles. The van der Waals surface area contributed by atoms with E-state index in [1.165, 1.54) is 18.2 Å². The van der Waals surface area contributed by atoms with Gasteiger partial charge in [-0.05, 0) is 53.2 Å². The van der Waals surface area contributed by atoms with Crippen molar-refractivity contribution < 1.29 is 28.7 Å². The minimum Gasteiger partial charge on any atom is -0.489 e. The molecule has 0 saturated carbocycles. The van der Waals surface area contributed by atoms with E-state index >= 15 is 0 Å². The molecular formula is C27H18N2O6S. The van der Waals surface area contributed by atoms with Gasteiger partial charge in [-0.25, -0.2) is 4.90 Å². The van der Waals surface area contributed by atoms with E-state index in [4.69, 9.17) is 4.74 Å². The number of carbonyl (C=O) groups is 5. The Morgan fingerprint density at radius 2 is 1.39 bits per heavy atom. The Morgan fingerprint density at radius 1 is 0.778 bits per heavy atom. The Bertz CT molecular complexity index is 1400. The molecule has 178 valence electrons. The first-order valence-corrected chi connectivity index (χ1v) is 11.8. The molecule has 0 bridgehead atoms. The zero-order valence-corrected chi connectivity index (χ0v) is 19.6. The van der Waals surface area contributed by atoms with Gasteiger partial charge in [0.05, 0.1) is 16.0 Å². The number of carbonyl (C=O) groups excluding carboxylic acids is 5. The fourth-order valence-electron chi connectivity index (χ4n) is 3.82. The van der Waals surface area contributed by atoms with Gasteiger partial charge < -0.3 is 4.74 Å². The molecule has 8 nitrogen and oxygen atoms in total. The first-order chi connectivity index (χ1) is 17.4. The van der Waals surface area contributed by atoms with Crippen molar-refractivity contribution in [3.63, 3.8) is 0 Å². The molecule has 1 saturated heterocycles. The van der Waals surface area contributed by atoms with Crippen molar-refractivity contribution in [3.05, 3.63) is 106 Å². The standard InChI is InChI=1S/C27H18N2O6S/c30-23(15-28-24(31)20-8-4-5-9-21(20)25(28)32)29-26(33)22(36-27(29)34)14-17-10-12-19(13-11-17)35-16-18-6-2-1-3-7-18/h1-14H,15-16H2/b22-14-. The van der Waals surface area contributed by atoms with E-state index in [2.05, 4.69) is 0 Å². The minimum atomic E-state index is -0.944. The Hall–Kier alpha value is -4.50. The predicted octanol–water partition coefficient (Wildman–Crippen LogP) is 4.12. The highest BCUT2D eigenvalue weighted by molar-refractivity contribution is 8.18. The smallest absolute Gasteiger partial charge is 0.300 e. The van der Waals surface area contributed by atoms with Crippen LogP contribution in [-0.4, -0.2) is 45.2 Å². The van der Waals surface area contributed by atoms with Crippen LogP contribution in [0.5, 0.6) is 5.75 Å². The van der Waals surface area contributed by atoms with Crippen LogP contribution in [0.25, 0.3) is 6.08 Å². The van der Waals surface area contributed by atoms with Crippen molar-refractivity contribution in [3.8, 4) is 5.75 Å². The maximum atomic E-state index is 12.8. The zero-order chi connectivity index (χ0) is 25.2. The van der Waals surface area contributed by atoms with E-state index in [-0.39, 0.29) is 16.0 Å². The fourth-order valence-corrected chi connectivity index (χ4v) is 4.66. The quantitative estimate of drug-likeness (QED) is 0.372. The van der Waals surface area contributed by atoms with Crippen LogP contribution in [0.4, 0.5) is 4.79 Å². The van der Waals surface area contributed by atoms with Crippen LogP contribution in [0.15, 0.2) is 83.8 Å². The third-order valence-corrected chi connectivity index (χ3v) is 6.51. The van der Waals surface area contributed by atoms with Gasteiger partial charge in [-0.1, -0.05) is 54.6 Å². The average molecular weight is 499 g/mol. The number of thioether (sulfide) groups is 1. The second kappa shape index (κ2) is 9.63. The van der Waals surface area contributed by atoms with Crippen LogP contribution >= 0.6 is 11.8 Å². The lowest BCUT2D eigenvalue weighted by atomic mass is 10.1. The number of imide groups is 4. The second-order valence-electron chi connectivity index (χ2n) is 8.00. The highest BCUT2D eigenvalue weighted by Gasteiger charge is 2.43. The van der Waals surface area contributed by atoms with Gasteiger partial charge in [-0.15, -0.1) is 0 Å². The molecule has 2 aliphatic rings. The topological polar surface area (TPSA) is 101 Å². The highest BCUT2D eigenvalue weighted by Crippen LogP contribution is 2.33. The lowest BCUT2D eigenvalue weighted by Crippen LogP contribution is -2.44. The summed E-state index contributed by atoms with van der Waals surface area (Å²) in [5, 5.41) is -0.782. The first-order valence-electron chi connectivity index (χ1n) is 10.9. The monoisotopic (exact) mass is 498 g/mol. The maximum Gasteiger partial charge on any atom is 0.300 e. The van der Waals surface area contributed by atoms with Crippen molar-refractivity contribution >= 4 is 46.7 Å². The van der Waals surface area contributed by atoms with Crippen molar-refractivity contribution in [2.75, 3.05) is 6.54 Å². The molecule has 5 rings (SSSR count). The number of hydrogen-bond acceptors (Lipinski definition) is 7. The molecular weight excluding hydrogens is 480 g/mol. The van der Waals surface area contributed by atoms with Gasteiger partial charge in [0, 0.05) is 0 Å². The van der Waals surface area contributed by atoms with Crippen LogP contribution in [0.3, 0.4) is 0 Å². The average Bonchev–Trinajstić information content (AvgIpc) is 3.31. The Morgan fingerprint density at radius 3 is 2.03 bits per heavy atom. The van der Waals surface area contributed by atoms with Crippen LogP contribution in [0.2, 0.25) is 0 Å². The number of fused-ring (bicyclic) bond motifs is 1. The van der Waals surface area contributed by atoms with E-state index in [1.54, 1.807) is 36.4 Å². The third-order valence-electron chi connectivity index (χ3n) is 5.64. The van der Waals surface area contributed by atoms with Gasteiger partial charge in [-0.2, -0.15) is 0 Å². The van der Waals surface area contributed by atoms with Crippen LogP contribution < -0.4 is 4.74 Å². The molecule has 0 spiro atoms. The highest BCUT2D eigenvalue weighted by atomic mass is 32.2. The number of amides is 5. The molecule has 2 heterocycles. The fraction of sp³-hybridized carbons (Fsp3) is 0.0741. The van der Waals surface area contributed by atoms with Crippen LogP contribution in [-0.2, 0) is 16.2 Å². The summed E-state index contributed by atoms with van der Waals surface area (Å²) in [5.74, 6) is -2.38. The molecule has 9 heteroatoms. The summed E-state index contributed by atoms with van der Waals surface area (Å²) in [7, 11) is 0. The van der Waals surface area contributed by atoms with Gasteiger partial charge in [0.15, 0.2) is 0 Å². The summed E-state index contributed by atoms with van der Waals surface area (Å²) in [4.78, 5) is 64.4. The minimum absolute atomic E-state index is 0.0636. The summed E-state index contributed by atoms with van der Waals surface area (Å²) in [5.41, 5.74) is 2.03. The normalized spacial score (nSPS) is 16.2. The maximum absolute atomic E-state index is 12.8. The van der Waals surface area contributed by atoms with E-state index in [9.17, 15) is 24.0 Å². The van der Waals surface area contributed by atoms with E-state index in [0.29, 0.717) is 34.6 Å². The number of rotatable bonds is 6. The summed E-state index contributed by atoms with van der Waals surface area (Å²) >= 11 is 0.622. The first kappa shape index (κ1) is 23.3. The Kier molecular flexibility index (Phi) is 6.22. The van der Waals surface area contributed by atoms with Gasteiger partial charge >= 0.3 is 0 Å². The predicted molar refractivity (Wildman–Crippen MR) is 132 cm³/mol. The van der Waals surface area contributed by atoms with E-state index in [1.807, 2.05) is 30.3 Å². The zero-order valence-electron chi connectivity index (χ0n) is 18.7. The van der Waals surface area contributed by atoms with Crippen LogP contribution in [0, 0.1) is 0 Å². The molecule has 5 amide bonds. The Balaban J connectivity index is 1.24. The summed E-state index contributed by atoms with van der Waals surface area (Å²) in [6.07, 6.45) is 1.50. The van der Waals surface area contributed by atoms with E-state index in [0.717, 1.165) is 10.5 Å².